The van der Waals surface area contributed by atoms with Gasteiger partial charge < -0.3 is 0 Å². The second kappa shape index (κ2) is 9.78. The van der Waals surface area contributed by atoms with E-state index in [0.29, 0.717) is 0 Å². The molecule has 0 heteroatoms. The van der Waals surface area contributed by atoms with Crippen LogP contribution in [0.5, 0.6) is 0 Å². The number of benzene rings is 7. The summed E-state index contributed by atoms with van der Waals surface area (Å²) in [5, 5.41) is 10.6. The van der Waals surface area contributed by atoms with Gasteiger partial charge in [0.05, 0.1) is 0 Å². The first-order valence-corrected chi connectivity index (χ1v) is 15.9. The SMILES string of the molecule is CC1(C)C=CC(c2cccc(-c3cccc(-c4ccccc4)c3)c2)=C2C=c3cc4c5ccccc5c5ccccc5c4cc3=C21. The lowest BCUT2D eigenvalue weighted by atomic mass is 9.74. The van der Waals surface area contributed by atoms with Crippen LogP contribution in [-0.2, 0) is 0 Å². The van der Waals surface area contributed by atoms with Gasteiger partial charge >= 0.3 is 0 Å². The minimum Gasteiger partial charge on any atom is -0.0738 e. The van der Waals surface area contributed by atoms with E-state index in [1.165, 1.54) is 87.3 Å². The van der Waals surface area contributed by atoms with Crippen molar-refractivity contribution in [3.8, 4) is 22.3 Å². The molecule has 0 radical (unpaired) electrons. The van der Waals surface area contributed by atoms with Crippen molar-refractivity contribution in [1.82, 2.24) is 0 Å². The molecule has 0 aliphatic heterocycles. The second-order valence-electron chi connectivity index (χ2n) is 13.0. The van der Waals surface area contributed by atoms with Gasteiger partial charge in [-0.15, -0.1) is 0 Å². The summed E-state index contributed by atoms with van der Waals surface area (Å²) in [5.74, 6) is 0. The predicted molar refractivity (Wildman–Crippen MR) is 193 cm³/mol. The van der Waals surface area contributed by atoms with Gasteiger partial charge in [0.15, 0.2) is 0 Å². The van der Waals surface area contributed by atoms with Gasteiger partial charge in [-0.3, -0.25) is 0 Å². The Balaban J connectivity index is 1.26. The molecule has 0 unspecified atom stereocenters. The zero-order valence-corrected chi connectivity index (χ0v) is 25.5. The molecule has 2 aliphatic rings. The van der Waals surface area contributed by atoms with E-state index < -0.39 is 0 Å². The highest BCUT2D eigenvalue weighted by atomic mass is 14.3. The molecule has 0 saturated carbocycles. The summed E-state index contributed by atoms with van der Waals surface area (Å²) in [6.45, 7) is 4.71. The van der Waals surface area contributed by atoms with E-state index in [4.69, 9.17) is 0 Å². The Labute approximate surface area is 263 Å². The van der Waals surface area contributed by atoms with Crippen molar-refractivity contribution in [2.75, 3.05) is 0 Å². The second-order valence-corrected chi connectivity index (χ2v) is 13.0. The third-order valence-corrected chi connectivity index (χ3v) is 9.83. The molecule has 0 saturated heterocycles. The predicted octanol–water partition coefficient (Wildman–Crippen LogP) is 10.5. The first-order valence-electron chi connectivity index (χ1n) is 15.9. The zero-order chi connectivity index (χ0) is 30.1. The number of rotatable bonds is 3. The molecular formula is C45H32. The molecule has 0 atom stereocenters. The third kappa shape index (κ3) is 4.06. The van der Waals surface area contributed by atoms with Gasteiger partial charge in [-0.25, -0.2) is 0 Å². The highest BCUT2D eigenvalue weighted by Crippen LogP contribution is 2.45. The fraction of sp³-hybridized carbons (Fsp3) is 0.0667. The van der Waals surface area contributed by atoms with Crippen LogP contribution in [-0.4, -0.2) is 0 Å². The molecule has 0 aromatic heterocycles. The fourth-order valence-electron chi connectivity index (χ4n) is 7.67. The van der Waals surface area contributed by atoms with Crippen molar-refractivity contribution in [2.45, 2.75) is 13.8 Å². The molecule has 0 nitrogen and oxygen atoms in total. The fourth-order valence-corrected chi connectivity index (χ4v) is 7.67. The molecular weight excluding hydrogens is 540 g/mol. The van der Waals surface area contributed by atoms with Crippen molar-refractivity contribution in [2.24, 2.45) is 5.41 Å². The lowest BCUT2D eigenvalue weighted by Gasteiger charge is -2.30. The first-order chi connectivity index (χ1) is 22.0. The summed E-state index contributed by atoms with van der Waals surface area (Å²) in [5.41, 5.74) is 10.2. The quantitative estimate of drug-likeness (QED) is 0.185. The molecule has 45 heavy (non-hydrogen) atoms. The Morgan fingerprint density at radius 3 is 1.53 bits per heavy atom. The molecule has 0 spiro atoms. The molecule has 0 amide bonds. The smallest absolute Gasteiger partial charge is 0.00909 e. The largest absolute Gasteiger partial charge is 0.0738 e. The van der Waals surface area contributed by atoms with Crippen LogP contribution in [0.3, 0.4) is 0 Å². The van der Waals surface area contributed by atoms with Crippen LogP contribution in [0.4, 0.5) is 0 Å². The molecule has 0 fully saturated rings. The summed E-state index contributed by atoms with van der Waals surface area (Å²) in [7, 11) is 0. The lowest BCUT2D eigenvalue weighted by molar-refractivity contribution is 0.645. The average Bonchev–Trinajstić information content (AvgIpc) is 3.48. The topological polar surface area (TPSA) is 0 Å². The molecule has 9 rings (SSSR count). The van der Waals surface area contributed by atoms with Gasteiger partial charge in [0, 0.05) is 5.41 Å². The van der Waals surface area contributed by atoms with Crippen LogP contribution in [0.2, 0.25) is 0 Å². The van der Waals surface area contributed by atoms with E-state index in [-0.39, 0.29) is 5.41 Å². The maximum absolute atomic E-state index is 2.47. The molecule has 212 valence electrons. The summed E-state index contributed by atoms with van der Waals surface area (Å²) in [6.07, 6.45) is 7.19. The van der Waals surface area contributed by atoms with Crippen molar-refractivity contribution in [3.05, 3.63) is 173 Å². The maximum atomic E-state index is 2.47. The lowest BCUT2D eigenvalue weighted by Crippen LogP contribution is -2.28. The summed E-state index contributed by atoms with van der Waals surface area (Å²) >= 11 is 0. The van der Waals surface area contributed by atoms with Crippen LogP contribution in [0.15, 0.2) is 157 Å². The van der Waals surface area contributed by atoms with Gasteiger partial charge in [-0.2, -0.15) is 0 Å². The van der Waals surface area contributed by atoms with E-state index in [2.05, 4.69) is 172 Å². The molecule has 7 aromatic rings. The van der Waals surface area contributed by atoms with Crippen LogP contribution in [0, 0.1) is 5.41 Å². The molecule has 2 aliphatic carbocycles. The highest BCUT2D eigenvalue weighted by Gasteiger charge is 2.31. The summed E-state index contributed by atoms with van der Waals surface area (Å²) < 4.78 is 0. The standard InChI is InChI=1S/C45H32/c1-45(2)23-22-35(33-17-11-16-32(25-33)31-15-10-14-30(24-31)29-12-4-3-5-13-29)43-27-34-26-41-38-20-8-6-18-36(38)37-19-7-9-21-39(37)42(41)28-40(34)44(43)45/h3-28H,1-2H3. The highest BCUT2D eigenvalue weighted by molar-refractivity contribution is 6.25. The van der Waals surface area contributed by atoms with Crippen molar-refractivity contribution < 1.29 is 0 Å². The zero-order valence-electron chi connectivity index (χ0n) is 25.5. The average molecular weight is 573 g/mol. The Hall–Kier alpha value is -5.46. The van der Waals surface area contributed by atoms with Crippen LogP contribution in [0.1, 0.15) is 19.4 Å². The van der Waals surface area contributed by atoms with Gasteiger partial charge in [0.1, 0.15) is 0 Å². The van der Waals surface area contributed by atoms with Crippen LogP contribution < -0.4 is 10.4 Å². The van der Waals surface area contributed by atoms with Crippen LogP contribution in [0.25, 0.3) is 71.8 Å². The molecule has 0 bridgehead atoms. The van der Waals surface area contributed by atoms with Gasteiger partial charge in [-0.1, -0.05) is 141 Å². The van der Waals surface area contributed by atoms with Crippen molar-refractivity contribution >= 4 is 49.5 Å². The van der Waals surface area contributed by atoms with Gasteiger partial charge in [0.25, 0.3) is 0 Å². The Bertz CT molecular complexity index is 2540. The Morgan fingerprint density at radius 1 is 0.400 bits per heavy atom. The van der Waals surface area contributed by atoms with E-state index in [1.807, 2.05) is 0 Å². The van der Waals surface area contributed by atoms with E-state index in [0.717, 1.165) is 0 Å². The maximum Gasteiger partial charge on any atom is 0.00909 e. The summed E-state index contributed by atoms with van der Waals surface area (Å²) in [6, 6.07) is 51.2. The minimum atomic E-state index is -0.0808. The minimum absolute atomic E-state index is 0.0808. The van der Waals surface area contributed by atoms with Gasteiger partial charge in [0.2, 0.25) is 0 Å². The van der Waals surface area contributed by atoms with E-state index >= 15 is 0 Å². The Morgan fingerprint density at radius 2 is 0.889 bits per heavy atom. The first kappa shape index (κ1) is 26.0. The number of allylic oxidation sites excluding steroid dienone is 4. The molecule has 0 heterocycles. The van der Waals surface area contributed by atoms with E-state index in [1.54, 1.807) is 0 Å². The van der Waals surface area contributed by atoms with E-state index in [9.17, 15) is 0 Å². The molecule has 0 N–H and O–H groups in total. The Kier molecular flexibility index (Phi) is 5.64. The van der Waals surface area contributed by atoms with Crippen molar-refractivity contribution in [1.29, 1.82) is 0 Å². The third-order valence-electron chi connectivity index (χ3n) is 9.83. The van der Waals surface area contributed by atoms with Crippen molar-refractivity contribution in [3.63, 3.8) is 0 Å². The number of hydrogen-bond donors (Lipinski definition) is 0. The van der Waals surface area contributed by atoms with Crippen LogP contribution >= 0.6 is 0 Å². The monoisotopic (exact) mass is 572 g/mol. The molecule has 7 aromatic carbocycles. The summed E-state index contributed by atoms with van der Waals surface area (Å²) in [4.78, 5) is 0. The number of hydrogen-bond acceptors (Lipinski definition) is 0. The number of fused-ring (bicyclic) bond motifs is 8. The normalized spacial score (nSPS) is 15.0. The van der Waals surface area contributed by atoms with Gasteiger partial charge in [-0.05, 0) is 118 Å².